The van der Waals surface area contributed by atoms with Crippen molar-refractivity contribution >= 4 is 32.0 Å². The van der Waals surface area contributed by atoms with Gasteiger partial charge in [0.05, 0.1) is 0 Å². The molecule has 0 bridgehead atoms. The van der Waals surface area contributed by atoms with Gasteiger partial charge in [-0.05, 0) is 25.9 Å². The second kappa shape index (κ2) is 14.0. The summed E-state index contributed by atoms with van der Waals surface area (Å²) in [4.78, 5) is 0.239. The summed E-state index contributed by atoms with van der Waals surface area (Å²) >= 11 is -2.44. The van der Waals surface area contributed by atoms with Crippen molar-refractivity contribution in [3.63, 3.8) is 0 Å². The van der Waals surface area contributed by atoms with Gasteiger partial charge in [-0.1, -0.05) is 0 Å². The van der Waals surface area contributed by atoms with Crippen molar-refractivity contribution < 1.29 is 8.42 Å². The predicted molar refractivity (Wildman–Crippen MR) is 124 cm³/mol. The third kappa shape index (κ3) is 9.14. The van der Waals surface area contributed by atoms with E-state index < -0.39 is 28.4 Å². The molecule has 0 atom stereocenters. The SMILES string of the molecule is C1CCNC1.CCC[CH2][Sn]([CH2]CCC)([CH2]CCC)[c]1ccc(S(N)(=O)=O)cc1. The van der Waals surface area contributed by atoms with E-state index in [4.69, 9.17) is 5.14 Å². The molecule has 3 N–H and O–H groups in total. The van der Waals surface area contributed by atoms with Gasteiger partial charge in [0.25, 0.3) is 0 Å². The zero-order valence-corrected chi connectivity index (χ0v) is 22.0. The summed E-state index contributed by atoms with van der Waals surface area (Å²) in [5.74, 6) is 0. The molecule has 2 rings (SSSR count). The van der Waals surface area contributed by atoms with Crippen LogP contribution < -0.4 is 14.0 Å². The van der Waals surface area contributed by atoms with Crippen LogP contribution in [0.5, 0.6) is 0 Å². The summed E-state index contributed by atoms with van der Waals surface area (Å²) in [6.45, 7) is 9.29. The Balaban J connectivity index is 0.000000674. The van der Waals surface area contributed by atoms with Crippen molar-refractivity contribution in [1.29, 1.82) is 0 Å². The molecule has 0 saturated carbocycles. The quantitative estimate of drug-likeness (QED) is 0.416. The van der Waals surface area contributed by atoms with Gasteiger partial charge in [-0.2, -0.15) is 0 Å². The van der Waals surface area contributed by atoms with E-state index >= 15 is 0 Å². The van der Waals surface area contributed by atoms with Crippen LogP contribution in [0.1, 0.15) is 72.1 Å². The molecule has 0 aliphatic carbocycles. The van der Waals surface area contributed by atoms with E-state index in [1.807, 2.05) is 0 Å². The second-order valence-corrected chi connectivity index (χ2v) is 22.9. The predicted octanol–water partition coefficient (Wildman–Crippen LogP) is 4.76. The van der Waals surface area contributed by atoms with E-state index in [0.717, 1.165) is 0 Å². The van der Waals surface area contributed by atoms with Crippen LogP contribution in [-0.4, -0.2) is 39.9 Å². The molecule has 1 fully saturated rings. The topological polar surface area (TPSA) is 72.2 Å². The molecule has 6 heteroatoms. The summed E-state index contributed by atoms with van der Waals surface area (Å²) < 4.78 is 28.7. The van der Waals surface area contributed by atoms with Gasteiger partial charge >= 0.3 is 147 Å². The fraction of sp³-hybridized carbons (Fsp3) is 0.727. The third-order valence-electron chi connectivity index (χ3n) is 5.78. The molecule has 1 aromatic carbocycles. The van der Waals surface area contributed by atoms with Crippen molar-refractivity contribution in [3.05, 3.63) is 24.3 Å². The minimum absolute atomic E-state index is 0.239. The number of nitrogens with one attached hydrogen (secondary N) is 1. The molecule has 1 aliphatic rings. The normalized spacial score (nSPS) is 14.6. The third-order valence-corrected chi connectivity index (χ3v) is 22.4. The van der Waals surface area contributed by atoms with Crippen LogP contribution in [0, 0.1) is 0 Å². The fourth-order valence-corrected chi connectivity index (χ4v) is 20.4. The van der Waals surface area contributed by atoms with Crippen molar-refractivity contribution in [3.8, 4) is 0 Å². The van der Waals surface area contributed by atoms with Gasteiger partial charge in [-0.3, -0.25) is 0 Å². The number of hydrogen-bond acceptors (Lipinski definition) is 3. The number of unbranched alkanes of at least 4 members (excludes halogenated alkanes) is 3. The molecule has 0 aromatic heterocycles. The molecule has 0 spiro atoms. The summed E-state index contributed by atoms with van der Waals surface area (Å²) in [6, 6.07) is 7.61. The molecular formula is C22H42N2O2SSn. The van der Waals surface area contributed by atoms with E-state index in [-0.39, 0.29) is 4.90 Å². The van der Waals surface area contributed by atoms with E-state index in [0.29, 0.717) is 0 Å². The van der Waals surface area contributed by atoms with Gasteiger partial charge < -0.3 is 5.32 Å². The average Bonchev–Trinajstić information content (AvgIpc) is 3.27. The molecule has 1 heterocycles. The second-order valence-electron chi connectivity index (χ2n) is 8.12. The van der Waals surface area contributed by atoms with Gasteiger partial charge in [0.15, 0.2) is 0 Å². The van der Waals surface area contributed by atoms with Gasteiger partial charge in [-0.25, -0.2) is 0 Å². The van der Waals surface area contributed by atoms with Crippen LogP contribution in [0.25, 0.3) is 0 Å². The Hall–Kier alpha value is -0.111. The van der Waals surface area contributed by atoms with Crippen LogP contribution in [0.15, 0.2) is 29.2 Å². The number of nitrogens with two attached hydrogens (primary N) is 1. The zero-order valence-electron chi connectivity index (χ0n) is 18.3. The maximum atomic E-state index is 11.5. The summed E-state index contributed by atoms with van der Waals surface area (Å²) in [7, 11) is -3.59. The molecule has 162 valence electrons. The van der Waals surface area contributed by atoms with E-state index in [9.17, 15) is 8.42 Å². The molecule has 0 unspecified atom stereocenters. The van der Waals surface area contributed by atoms with Crippen LogP contribution in [0.4, 0.5) is 0 Å². The standard InChI is InChI=1S/C6H6NO2S.C4H9N.3C4H9.Sn/c7-10(8,9)6-4-2-1-3-5-6;1-2-4-5-3-1;3*1-3-4-2;/h2-5H,(H2,7,8,9);5H,1-4H2;3*1,3-4H2,2H3;. The number of primary sulfonamides is 1. The number of hydrogen-bond donors (Lipinski definition) is 2. The Morgan fingerprint density at radius 3 is 1.57 bits per heavy atom. The summed E-state index contributed by atoms with van der Waals surface area (Å²) in [5, 5.41) is 8.47. The van der Waals surface area contributed by atoms with Crippen molar-refractivity contribution in [2.45, 2.75) is 90.3 Å². The average molecular weight is 517 g/mol. The Bertz CT molecular complexity index is 599. The fourth-order valence-electron chi connectivity index (χ4n) is 3.98. The molecule has 1 saturated heterocycles. The molecular weight excluding hydrogens is 475 g/mol. The van der Waals surface area contributed by atoms with Crippen molar-refractivity contribution in [2.24, 2.45) is 5.14 Å². The molecule has 0 radical (unpaired) electrons. The Morgan fingerprint density at radius 1 is 0.857 bits per heavy atom. The monoisotopic (exact) mass is 518 g/mol. The van der Waals surface area contributed by atoms with Gasteiger partial charge in [0.2, 0.25) is 0 Å². The maximum absolute atomic E-state index is 11.5. The molecule has 1 aliphatic heterocycles. The van der Waals surface area contributed by atoms with Crippen LogP contribution in [0.2, 0.25) is 13.3 Å². The first-order valence-electron chi connectivity index (χ1n) is 11.2. The first-order valence-corrected chi connectivity index (χ1v) is 20.3. The summed E-state index contributed by atoms with van der Waals surface area (Å²) in [5.41, 5.74) is 0. The first kappa shape index (κ1) is 25.9. The Morgan fingerprint density at radius 2 is 1.29 bits per heavy atom. The van der Waals surface area contributed by atoms with Gasteiger partial charge in [-0.15, -0.1) is 0 Å². The van der Waals surface area contributed by atoms with E-state index in [1.54, 1.807) is 12.1 Å². The van der Waals surface area contributed by atoms with Gasteiger partial charge in [0, 0.05) is 0 Å². The Labute approximate surface area is 178 Å². The van der Waals surface area contributed by atoms with Crippen LogP contribution in [0.3, 0.4) is 0 Å². The minimum atomic E-state index is -3.59. The first-order chi connectivity index (χ1) is 13.4. The molecule has 28 heavy (non-hydrogen) atoms. The van der Waals surface area contributed by atoms with Crippen LogP contribution >= 0.6 is 0 Å². The molecule has 4 nitrogen and oxygen atoms in total. The zero-order chi connectivity index (χ0) is 20.9. The number of rotatable bonds is 11. The van der Waals surface area contributed by atoms with Gasteiger partial charge in [0.1, 0.15) is 0 Å². The Kier molecular flexibility index (Phi) is 13.0. The van der Waals surface area contributed by atoms with E-state index in [2.05, 4.69) is 38.2 Å². The number of sulfonamides is 1. The van der Waals surface area contributed by atoms with E-state index in [1.165, 1.54) is 81.3 Å². The summed E-state index contributed by atoms with van der Waals surface area (Å²) in [6.07, 6.45) is 10.4. The molecule has 0 amide bonds. The van der Waals surface area contributed by atoms with Crippen LogP contribution in [-0.2, 0) is 10.0 Å². The van der Waals surface area contributed by atoms with Crippen molar-refractivity contribution in [2.75, 3.05) is 13.1 Å². The van der Waals surface area contributed by atoms with Crippen molar-refractivity contribution in [1.82, 2.24) is 5.32 Å². The number of benzene rings is 1. The molecule has 1 aromatic rings.